The molecule has 0 unspecified atom stereocenters. The summed E-state index contributed by atoms with van der Waals surface area (Å²) in [4.78, 5) is 22.9. The largest absolute Gasteiger partial charge is 0.340 e. The number of aromatic amines is 1. The third kappa shape index (κ3) is 2.88. The number of nitrogens with zero attached hydrogens (tertiary/aromatic N) is 2. The summed E-state index contributed by atoms with van der Waals surface area (Å²) in [5.41, 5.74) is 3.12. The van der Waals surface area contributed by atoms with Gasteiger partial charge in [-0.1, -0.05) is 12.1 Å². The summed E-state index contributed by atoms with van der Waals surface area (Å²) in [6.07, 6.45) is 3.69. The van der Waals surface area contributed by atoms with E-state index < -0.39 is 0 Å². The molecule has 0 spiro atoms. The molecule has 1 aromatic carbocycles. The number of amides is 1. The van der Waals surface area contributed by atoms with E-state index in [-0.39, 0.29) is 11.9 Å². The van der Waals surface area contributed by atoms with Crippen LogP contribution in [0.3, 0.4) is 0 Å². The topological polar surface area (TPSA) is 49.0 Å². The van der Waals surface area contributed by atoms with Crippen molar-refractivity contribution in [3.05, 3.63) is 52.5 Å². The highest BCUT2D eigenvalue weighted by Gasteiger charge is 2.30. The van der Waals surface area contributed by atoms with Gasteiger partial charge in [0, 0.05) is 6.54 Å². The van der Waals surface area contributed by atoms with E-state index in [2.05, 4.69) is 10.4 Å². The first-order valence-electron chi connectivity index (χ1n) is 8.06. The molecule has 1 aliphatic rings. The van der Waals surface area contributed by atoms with Crippen LogP contribution in [0.2, 0.25) is 0 Å². The Morgan fingerprint density at radius 3 is 3.04 bits per heavy atom. The van der Waals surface area contributed by atoms with Crippen molar-refractivity contribution < 1.29 is 4.79 Å². The standard InChI is InChI=1S/C18H19N3OS/c22-17(11-13-8-10-23-12-13)21-9-4-3-7-16(21)18-19-14-5-1-2-6-15(14)20-18/h1-2,5-6,8,10,12,16H,3-4,7,9,11H2,(H,19,20)/t16-/m0/s1. The van der Waals surface area contributed by atoms with Gasteiger partial charge in [0.15, 0.2) is 0 Å². The second-order valence-electron chi connectivity index (χ2n) is 6.05. The van der Waals surface area contributed by atoms with Gasteiger partial charge in [-0.3, -0.25) is 4.79 Å². The number of carbonyl (C=O) groups is 1. The number of hydrogen-bond donors (Lipinski definition) is 1. The molecule has 0 radical (unpaired) electrons. The second kappa shape index (κ2) is 6.16. The Morgan fingerprint density at radius 1 is 1.30 bits per heavy atom. The van der Waals surface area contributed by atoms with Crippen LogP contribution in [0.15, 0.2) is 41.1 Å². The monoisotopic (exact) mass is 325 g/mol. The Hall–Kier alpha value is -2.14. The number of imidazole rings is 1. The summed E-state index contributed by atoms with van der Waals surface area (Å²) >= 11 is 1.64. The van der Waals surface area contributed by atoms with Crippen LogP contribution in [0.1, 0.15) is 36.7 Å². The lowest BCUT2D eigenvalue weighted by Crippen LogP contribution is -2.39. The quantitative estimate of drug-likeness (QED) is 0.793. The van der Waals surface area contributed by atoms with Crippen LogP contribution in [0, 0.1) is 0 Å². The molecule has 3 heterocycles. The number of rotatable bonds is 3. The number of carbonyl (C=O) groups excluding carboxylic acids is 1. The molecule has 1 aliphatic heterocycles. The number of thiophene rings is 1. The van der Waals surface area contributed by atoms with Crippen molar-refractivity contribution >= 4 is 28.3 Å². The number of para-hydroxylation sites is 2. The fourth-order valence-corrected chi connectivity index (χ4v) is 3.98. The van der Waals surface area contributed by atoms with E-state index in [4.69, 9.17) is 4.98 Å². The lowest BCUT2D eigenvalue weighted by atomic mass is 10.0. The summed E-state index contributed by atoms with van der Waals surface area (Å²) in [7, 11) is 0. The average molecular weight is 325 g/mol. The van der Waals surface area contributed by atoms with Gasteiger partial charge in [0.25, 0.3) is 0 Å². The maximum atomic E-state index is 12.8. The summed E-state index contributed by atoms with van der Waals surface area (Å²) in [6, 6.07) is 10.1. The minimum Gasteiger partial charge on any atom is -0.340 e. The minimum absolute atomic E-state index is 0.0716. The first kappa shape index (κ1) is 14.5. The van der Waals surface area contributed by atoms with Crippen LogP contribution < -0.4 is 0 Å². The molecule has 0 aliphatic carbocycles. The average Bonchev–Trinajstić information content (AvgIpc) is 3.23. The number of likely N-dealkylation sites (tertiary alicyclic amines) is 1. The van der Waals surface area contributed by atoms with E-state index in [9.17, 15) is 4.79 Å². The van der Waals surface area contributed by atoms with E-state index in [1.165, 1.54) is 0 Å². The van der Waals surface area contributed by atoms with E-state index in [1.54, 1.807) is 11.3 Å². The van der Waals surface area contributed by atoms with Crippen molar-refractivity contribution in [1.82, 2.24) is 14.9 Å². The molecule has 3 aromatic rings. The Morgan fingerprint density at radius 2 is 2.22 bits per heavy atom. The molecular weight excluding hydrogens is 306 g/mol. The maximum Gasteiger partial charge on any atom is 0.227 e. The SMILES string of the molecule is O=C(Cc1ccsc1)N1CCCC[C@H]1c1nc2ccccc2[nH]1. The third-order valence-corrected chi connectivity index (χ3v) is 5.21. The van der Waals surface area contributed by atoms with Gasteiger partial charge in [-0.25, -0.2) is 4.98 Å². The molecule has 2 aromatic heterocycles. The van der Waals surface area contributed by atoms with Crippen LogP contribution >= 0.6 is 11.3 Å². The summed E-state index contributed by atoms with van der Waals surface area (Å²) in [5, 5.41) is 4.08. The van der Waals surface area contributed by atoms with Gasteiger partial charge in [0.2, 0.25) is 5.91 Å². The van der Waals surface area contributed by atoms with Crippen molar-refractivity contribution in [2.45, 2.75) is 31.7 Å². The van der Waals surface area contributed by atoms with Crippen molar-refractivity contribution in [1.29, 1.82) is 0 Å². The number of hydrogen-bond acceptors (Lipinski definition) is 3. The molecule has 1 saturated heterocycles. The molecule has 0 saturated carbocycles. The molecule has 1 amide bonds. The maximum absolute atomic E-state index is 12.8. The molecule has 1 fully saturated rings. The van der Waals surface area contributed by atoms with Gasteiger partial charge >= 0.3 is 0 Å². The predicted molar refractivity (Wildman–Crippen MR) is 92.4 cm³/mol. The highest BCUT2D eigenvalue weighted by molar-refractivity contribution is 7.08. The number of nitrogens with one attached hydrogen (secondary N) is 1. The van der Waals surface area contributed by atoms with Crippen LogP contribution in [-0.2, 0) is 11.2 Å². The van der Waals surface area contributed by atoms with Crippen molar-refractivity contribution in [2.75, 3.05) is 6.54 Å². The number of aromatic nitrogens is 2. The first-order chi connectivity index (χ1) is 11.3. The third-order valence-electron chi connectivity index (χ3n) is 4.48. The first-order valence-corrected chi connectivity index (χ1v) is 9.01. The highest BCUT2D eigenvalue weighted by atomic mass is 32.1. The van der Waals surface area contributed by atoms with E-state index >= 15 is 0 Å². The van der Waals surface area contributed by atoms with Gasteiger partial charge < -0.3 is 9.88 Å². The van der Waals surface area contributed by atoms with E-state index in [0.717, 1.165) is 48.2 Å². The van der Waals surface area contributed by atoms with Crippen LogP contribution in [0.25, 0.3) is 11.0 Å². The molecule has 4 rings (SSSR count). The number of piperidine rings is 1. The number of benzene rings is 1. The minimum atomic E-state index is 0.0716. The molecule has 1 atom stereocenters. The molecule has 118 valence electrons. The zero-order chi connectivity index (χ0) is 15.6. The summed E-state index contributed by atoms with van der Waals surface area (Å²) < 4.78 is 0. The smallest absolute Gasteiger partial charge is 0.227 e. The van der Waals surface area contributed by atoms with Gasteiger partial charge in [-0.15, -0.1) is 0 Å². The molecular formula is C18H19N3OS. The molecule has 1 N–H and O–H groups in total. The van der Waals surface area contributed by atoms with Crippen LogP contribution in [0.4, 0.5) is 0 Å². The highest BCUT2D eigenvalue weighted by Crippen LogP contribution is 2.31. The fraction of sp³-hybridized carbons (Fsp3) is 0.333. The lowest BCUT2D eigenvalue weighted by molar-refractivity contribution is -0.134. The molecule has 23 heavy (non-hydrogen) atoms. The van der Waals surface area contributed by atoms with E-state index in [1.807, 2.05) is 40.6 Å². The van der Waals surface area contributed by atoms with Crippen molar-refractivity contribution in [2.24, 2.45) is 0 Å². The van der Waals surface area contributed by atoms with Gasteiger partial charge in [-0.05, 0) is 53.8 Å². The van der Waals surface area contributed by atoms with Gasteiger partial charge in [0.05, 0.1) is 23.5 Å². The fourth-order valence-electron chi connectivity index (χ4n) is 3.31. The Bertz CT molecular complexity index is 776. The zero-order valence-electron chi connectivity index (χ0n) is 12.9. The van der Waals surface area contributed by atoms with Gasteiger partial charge in [0.1, 0.15) is 5.82 Å². The summed E-state index contributed by atoms with van der Waals surface area (Å²) in [5.74, 6) is 1.12. The van der Waals surface area contributed by atoms with E-state index in [0.29, 0.717) is 6.42 Å². The Kier molecular flexibility index (Phi) is 3.87. The Balaban J connectivity index is 1.60. The van der Waals surface area contributed by atoms with Crippen LogP contribution in [-0.4, -0.2) is 27.3 Å². The molecule has 4 nitrogen and oxygen atoms in total. The van der Waals surface area contributed by atoms with Crippen molar-refractivity contribution in [3.63, 3.8) is 0 Å². The number of H-pyrrole nitrogens is 1. The number of fused-ring (bicyclic) bond motifs is 1. The summed E-state index contributed by atoms with van der Waals surface area (Å²) in [6.45, 7) is 0.824. The van der Waals surface area contributed by atoms with Crippen molar-refractivity contribution in [3.8, 4) is 0 Å². The Labute approximate surface area is 139 Å². The van der Waals surface area contributed by atoms with Crippen LogP contribution in [0.5, 0.6) is 0 Å². The normalized spacial score (nSPS) is 18.4. The lowest BCUT2D eigenvalue weighted by Gasteiger charge is -2.34. The molecule has 0 bridgehead atoms. The zero-order valence-corrected chi connectivity index (χ0v) is 13.7. The molecule has 5 heteroatoms. The second-order valence-corrected chi connectivity index (χ2v) is 6.83. The predicted octanol–water partition coefficient (Wildman–Crippen LogP) is 3.92. The van der Waals surface area contributed by atoms with Gasteiger partial charge in [-0.2, -0.15) is 11.3 Å².